The first kappa shape index (κ1) is 10.5. The monoisotopic (exact) mass is 224 g/mol. The number of hydrogen-bond acceptors (Lipinski definition) is 3. The van der Waals surface area contributed by atoms with Crippen LogP contribution >= 0.6 is 0 Å². The molecule has 3 fully saturated rings. The number of amides is 1. The molecule has 0 spiro atoms. The molecule has 4 heteroatoms. The van der Waals surface area contributed by atoms with Crippen molar-refractivity contribution >= 4 is 5.91 Å². The van der Waals surface area contributed by atoms with Crippen LogP contribution in [0.1, 0.15) is 38.5 Å². The number of carbonyl (C=O) groups is 1. The molecule has 0 aromatic rings. The minimum Gasteiger partial charge on any atom is -0.373 e. The van der Waals surface area contributed by atoms with Gasteiger partial charge in [0.1, 0.15) is 0 Å². The van der Waals surface area contributed by atoms with Crippen molar-refractivity contribution < 1.29 is 9.53 Å². The minimum absolute atomic E-state index is 0.195. The van der Waals surface area contributed by atoms with Crippen molar-refractivity contribution in [2.24, 2.45) is 0 Å². The molecule has 0 aromatic heterocycles. The van der Waals surface area contributed by atoms with E-state index in [1.54, 1.807) is 0 Å². The fourth-order valence-corrected chi connectivity index (χ4v) is 3.21. The van der Waals surface area contributed by atoms with Gasteiger partial charge in [0, 0.05) is 12.5 Å². The van der Waals surface area contributed by atoms with Gasteiger partial charge in [-0.2, -0.15) is 0 Å². The van der Waals surface area contributed by atoms with Crippen molar-refractivity contribution in [1.29, 1.82) is 0 Å². The molecule has 2 N–H and O–H groups in total. The van der Waals surface area contributed by atoms with E-state index in [1.807, 2.05) is 0 Å². The maximum atomic E-state index is 11.8. The molecule has 4 atom stereocenters. The van der Waals surface area contributed by atoms with Gasteiger partial charge in [0.05, 0.1) is 18.2 Å². The van der Waals surface area contributed by atoms with E-state index in [1.165, 1.54) is 12.8 Å². The van der Waals surface area contributed by atoms with Gasteiger partial charge in [0.15, 0.2) is 0 Å². The highest BCUT2D eigenvalue weighted by Gasteiger charge is 2.41. The van der Waals surface area contributed by atoms with Crippen LogP contribution in [0.25, 0.3) is 0 Å². The van der Waals surface area contributed by atoms with Gasteiger partial charge in [-0.1, -0.05) is 0 Å². The molecule has 16 heavy (non-hydrogen) atoms. The Morgan fingerprint density at radius 1 is 1.38 bits per heavy atom. The molecular formula is C12H20N2O2. The summed E-state index contributed by atoms with van der Waals surface area (Å²) < 4.78 is 5.73. The van der Waals surface area contributed by atoms with Gasteiger partial charge >= 0.3 is 0 Å². The van der Waals surface area contributed by atoms with Crippen molar-refractivity contribution in [3.05, 3.63) is 0 Å². The first-order valence-corrected chi connectivity index (χ1v) is 6.49. The predicted molar refractivity (Wildman–Crippen MR) is 60.1 cm³/mol. The standard InChI is InChI=1S/C12H20N2O2/c15-12(6-8-2-1-5-13-8)14-10-7-9-3-4-11(10)16-9/h8-11,13H,1-7H2,(H,14,15). The third kappa shape index (κ3) is 2.09. The van der Waals surface area contributed by atoms with E-state index in [2.05, 4.69) is 10.6 Å². The highest BCUT2D eigenvalue weighted by molar-refractivity contribution is 5.77. The van der Waals surface area contributed by atoms with Gasteiger partial charge in [-0.25, -0.2) is 0 Å². The van der Waals surface area contributed by atoms with Crippen LogP contribution in [0.3, 0.4) is 0 Å². The maximum Gasteiger partial charge on any atom is 0.221 e. The van der Waals surface area contributed by atoms with E-state index in [9.17, 15) is 4.79 Å². The second kappa shape index (κ2) is 4.34. The maximum absolute atomic E-state index is 11.8. The van der Waals surface area contributed by atoms with Crippen LogP contribution in [-0.2, 0) is 9.53 Å². The summed E-state index contributed by atoms with van der Waals surface area (Å²) in [6.45, 7) is 1.06. The van der Waals surface area contributed by atoms with Crippen LogP contribution in [0.2, 0.25) is 0 Å². The van der Waals surface area contributed by atoms with Crippen LogP contribution in [-0.4, -0.2) is 36.7 Å². The summed E-state index contributed by atoms with van der Waals surface area (Å²) >= 11 is 0. The zero-order chi connectivity index (χ0) is 11.0. The Balaban J connectivity index is 1.45. The third-order valence-electron chi connectivity index (χ3n) is 4.05. The highest BCUT2D eigenvalue weighted by atomic mass is 16.5. The third-order valence-corrected chi connectivity index (χ3v) is 4.05. The molecule has 3 aliphatic rings. The molecule has 0 saturated carbocycles. The lowest BCUT2D eigenvalue weighted by Crippen LogP contribution is -2.43. The normalized spacial score (nSPS) is 41.5. The molecule has 1 amide bonds. The summed E-state index contributed by atoms with van der Waals surface area (Å²) in [5, 5.41) is 6.49. The molecular weight excluding hydrogens is 204 g/mol. The van der Waals surface area contributed by atoms with E-state index < -0.39 is 0 Å². The molecule has 3 rings (SSSR count). The number of hydrogen-bond donors (Lipinski definition) is 2. The molecule has 3 heterocycles. The first-order chi connectivity index (χ1) is 7.81. The molecule has 4 nitrogen and oxygen atoms in total. The zero-order valence-electron chi connectivity index (χ0n) is 9.58. The topological polar surface area (TPSA) is 50.4 Å². The second-order valence-corrected chi connectivity index (χ2v) is 5.28. The Hall–Kier alpha value is -0.610. The van der Waals surface area contributed by atoms with Gasteiger partial charge in [0.25, 0.3) is 0 Å². The number of carbonyl (C=O) groups excluding carboxylic acids is 1. The van der Waals surface area contributed by atoms with Crippen molar-refractivity contribution in [1.82, 2.24) is 10.6 Å². The van der Waals surface area contributed by atoms with Crippen LogP contribution in [0.4, 0.5) is 0 Å². The fourth-order valence-electron chi connectivity index (χ4n) is 3.21. The molecule has 0 radical (unpaired) electrons. The van der Waals surface area contributed by atoms with Crippen molar-refractivity contribution in [3.63, 3.8) is 0 Å². The Labute approximate surface area is 96.1 Å². The summed E-state index contributed by atoms with van der Waals surface area (Å²) in [4.78, 5) is 11.8. The molecule has 0 aliphatic carbocycles. The predicted octanol–water partition coefficient (Wildman–Crippen LogP) is 0.565. The molecule has 0 aromatic carbocycles. The molecule has 4 unspecified atom stereocenters. The zero-order valence-corrected chi connectivity index (χ0v) is 9.58. The van der Waals surface area contributed by atoms with E-state index in [0.29, 0.717) is 24.7 Å². The van der Waals surface area contributed by atoms with E-state index in [0.717, 1.165) is 25.8 Å². The molecule has 90 valence electrons. The number of fused-ring (bicyclic) bond motifs is 2. The van der Waals surface area contributed by atoms with E-state index in [-0.39, 0.29) is 11.9 Å². The van der Waals surface area contributed by atoms with Gasteiger partial charge in [-0.15, -0.1) is 0 Å². The molecule has 3 aliphatic heterocycles. The van der Waals surface area contributed by atoms with Crippen LogP contribution in [0.15, 0.2) is 0 Å². The van der Waals surface area contributed by atoms with E-state index >= 15 is 0 Å². The van der Waals surface area contributed by atoms with Gasteiger partial charge in [-0.3, -0.25) is 4.79 Å². The number of nitrogens with one attached hydrogen (secondary N) is 2. The summed E-state index contributed by atoms with van der Waals surface area (Å²) in [5.41, 5.74) is 0. The lowest BCUT2D eigenvalue weighted by atomic mass is 9.95. The smallest absolute Gasteiger partial charge is 0.221 e. The molecule has 3 saturated heterocycles. The van der Waals surface area contributed by atoms with Gasteiger partial charge in [-0.05, 0) is 38.6 Å². The van der Waals surface area contributed by atoms with Gasteiger partial charge in [0.2, 0.25) is 5.91 Å². The van der Waals surface area contributed by atoms with Crippen molar-refractivity contribution in [2.75, 3.05) is 6.54 Å². The Kier molecular flexibility index (Phi) is 2.86. The minimum atomic E-state index is 0.195. The van der Waals surface area contributed by atoms with E-state index in [4.69, 9.17) is 4.74 Å². The largest absolute Gasteiger partial charge is 0.373 e. The fraction of sp³-hybridized carbons (Fsp3) is 0.917. The average molecular weight is 224 g/mol. The lowest BCUT2D eigenvalue weighted by Gasteiger charge is -2.21. The second-order valence-electron chi connectivity index (χ2n) is 5.28. The summed E-state index contributed by atoms with van der Waals surface area (Å²) in [6.07, 6.45) is 7.02. The lowest BCUT2D eigenvalue weighted by molar-refractivity contribution is -0.122. The van der Waals surface area contributed by atoms with Crippen LogP contribution in [0.5, 0.6) is 0 Å². The van der Waals surface area contributed by atoms with Gasteiger partial charge < -0.3 is 15.4 Å². The Morgan fingerprint density at radius 3 is 2.94 bits per heavy atom. The van der Waals surface area contributed by atoms with Crippen LogP contribution < -0.4 is 10.6 Å². The highest BCUT2D eigenvalue weighted by Crippen LogP contribution is 2.34. The number of rotatable bonds is 3. The number of ether oxygens (including phenoxy) is 1. The average Bonchev–Trinajstić information content (AvgIpc) is 2.92. The first-order valence-electron chi connectivity index (χ1n) is 6.49. The Morgan fingerprint density at radius 2 is 2.31 bits per heavy atom. The molecule has 2 bridgehead atoms. The summed E-state index contributed by atoms with van der Waals surface area (Å²) in [6, 6.07) is 0.687. The van der Waals surface area contributed by atoms with Crippen molar-refractivity contribution in [3.8, 4) is 0 Å². The SMILES string of the molecule is O=C(CC1CCCN1)NC1CC2CCC1O2. The summed E-state index contributed by atoms with van der Waals surface area (Å²) in [7, 11) is 0. The quantitative estimate of drug-likeness (QED) is 0.736. The summed E-state index contributed by atoms with van der Waals surface area (Å²) in [5.74, 6) is 0.195. The van der Waals surface area contributed by atoms with Crippen LogP contribution in [0, 0.1) is 0 Å². The van der Waals surface area contributed by atoms with Crippen molar-refractivity contribution in [2.45, 2.75) is 62.8 Å². The Bertz CT molecular complexity index is 276.